The summed E-state index contributed by atoms with van der Waals surface area (Å²) in [6, 6.07) is 6.29. The third-order valence-electron chi connectivity index (χ3n) is 2.60. The van der Waals surface area contributed by atoms with Crippen molar-refractivity contribution in [3.05, 3.63) is 24.4 Å². The largest absolute Gasteiger partial charge is 0.486 e. The molecular formula is C12H12N2O3. The van der Waals surface area contributed by atoms with Gasteiger partial charge in [-0.2, -0.15) is 0 Å². The molecule has 17 heavy (non-hydrogen) atoms. The number of nitrogens with one attached hydrogen (secondary N) is 1. The summed E-state index contributed by atoms with van der Waals surface area (Å²) in [5.74, 6) is 1.55. The fourth-order valence-corrected chi connectivity index (χ4v) is 1.76. The Bertz CT molecular complexity index is 536. The van der Waals surface area contributed by atoms with Gasteiger partial charge >= 0.3 is 0 Å². The second-order valence-electron chi connectivity index (χ2n) is 3.66. The molecule has 3 rings (SSSR count). The highest BCUT2D eigenvalue weighted by Gasteiger charge is 2.13. The van der Waals surface area contributed by atoms with E-state index < -0.39 is 0 Å². The molecule has 0 atom stereocenters. The van der Waals surface area contributed by atoms with Crippen molar-refractivity contribution in [3.8, 4) is 28.8 Å². The number of fused-ring (bicyclic) bond motifs is 1. The maximum absolute atomic E-state index is 5.53. The molecule has 0 unspecified atom stereocenters. The van der Waals surface area contributed by atoms with E-state index >= 15 is 0 Å². The maximum atomic E-state index is 5.53. The summed E-state index contributed by atoms with van der Waals surface area (Å²) >= 11 is 0. The summed E-state index contributed by atoms with van der Waals surface area (Å²) in [5, 5.41) is 0. The van der Waals surface area contributed by atoms with Crippen molar-refractivity contribution < 1.29 is 14.2 Å². The molecule has 5 heteroatoms. The minimum absolute atomic E-state index is 0.495. The van der Waals surface area contributed by atoms with Crippen LogP contribution in [0.2, 0.25) is 0 Å². The first-order valence-electron chi connectivity index (χ1n) is 5.36. The van der Waals surface area contributed by atoms with Crippen LogP contribution in [0.5, 0.6) is 17.5 Å². The van der Waals surface area contributed by atoms with Gasteiger partial charge in [-0.15, -0.1) is 0 Å². The first kappa shape index (κ1) is 10.0. The summed E-state index contributed by atoms with van der Waals surface area (Å²) in [7, 11) is 1.58. The van der Waals surface area contributed by atoms with Crippen molar-refractivity contribution in [2.45, 2.75) is 0 Å². The number of rotatable bonds is 2. The third-order valence-corrected chi connectivity index (χ3v) is 2.60. The van der Waals surface area contributed by atoms with E-state index in [4.69, 9.17) is 14.2 Å². The zero-order valence-corrected chi connectivity index (χ0v) is 9.40. The fraction of sp³-hybridized carbons (Fsp3) is 0.250. The van der Waals surface area contributed by atoms with Crippen molar-refractivity contribution in [3.63, 3.8) is 0 Å². The average molecular weight is 232 g/mol. The van der Waals surface area contributed by atoms with Gasteiger partial charge in [0.2, 0.25) is 0 Å². The highest BCUT2D eigenvalue weighted by Crippen LogP contribution is 2.34. The van der Waals surface area contributed by atoms with E-state index in [-0.39, 0.29) is 0 Å². The molecule has 0 aliphatic carbocycles. The number of nitrogens with zero attached hydrogens (tertiary/aromatic N) is 1. The topological polar surface area (TPSA) is 56.4 Å². The smallest absolute Gasteiger partial charge is 0.293 e. The van der Waals surface area contributed by atoms with Gasteiger partial charge in [-0.1, -0.05) is 0 Å². The molecule has 1 N–H and O–H groups in total. The molecule has 0 saturated heterocycles. The summed E-state index contributed by atoms with van der Waals surface area (Å²) in [6.07, 6.45) is 1.73. The molecule has 0 amide bonds. The van der Waals surface area contributed by atoms with Gasteiger partial charge < -0.3 is 19.2 Å². The minimum Gasteiger partial charge on any atom is -0.486 e. The van der Waals surface area contributed by atoms with Crippen LogP contribution in [0.15, 0.2) is 24.4 Å². The third kappa shape index (κ3) is 1.80. The van der Waals surface area contributed by atoms with E-state index in [1.54, 1.807) is 13.3 Å². The van der Waals surface area contributed by atoms with E-state index in [2.05, 4.69) is 9.97 Å². The van der Waals surface area contributed by atoms with E-state index in [0.717, 1.165) is 22.8 Å². The van der Waals surface area contributed by atoms with Gasteiger partial charge in [-0.05, 0) is 18.2 Å². The number of aromatic nitrogens is 2. The highest BCUT2D eigenvalue weighted by molar-refractivity contribution is 5.64. The number of hydrogen-bond donors (Lipinski definition) is 1. The molecule has 88 valence electrons. The Morgan fingerprint density at radius 1 is 1.24 bits per heavy atom. The Morgan fingerprint density at radius 2 is 2.06 bits per heavy atom. The summed E-state index contributed by atoms with van der Waals surface area (Å²) in [6.45, 7) is 1.19. The number of ether oxygens (including phenoxy) is 3. The van der Waals surface area contributed by atoms with Crippen molar-refractivity contribution in [2.75, 3.05) is 20.3 Å². The lowest BCUT2D eigenvalue weighted by molar-refractivity contribution is 0.171. The van der Waals surface area contributed by atoms with Crippen molar-refractivity contribution in [1.82, 2.24) is 9.97 Å². The highest BCUT2D eigenvalue weighted by atomic mass is 16.6. The van der Waals surface area contributed by atoms with Crippen LogP contribution in [0, 0.1) is 0 Å². The molecule has 1 aromatic carbocycles. The van der Waals surface area contributed by atoms with E-state index in [0.29, 0.717) is 19.2 Å². The van der Waals surface area contributed by atoms with Gasteiger partial charge in [0.05, 0.1) is 19.0 Å². The molecule has 0 spiro atoms. The Kier molecular flexibility index (Phi) is 2.36. The van der Waals surface area contributed by atoms with E-state index in [1.165, 1.54) is 0 Å². The van der Waals surface area contributed by atoms with Crippen LogP contribution in [-0.4, -0.2) is 30.3 Å². The van der Waals surface area contributed by atoms with Crippen LogP contribution in [0.1, 0.15) is 0 Å². The summed E-state index contributed by atoms with van der Waals surface area (Å²) in [5.41, 5.74) is 1.88. The first-order valence-corrected chi connectivity index (χ1v) is 5.36. The summed E-state index contributed by atoms with van der Waals surface area (Å²) < 4.78 is 16.0. The van der Waals surface area contributed by atoms with Crippen LogP contribution in [0.25, 0.3) is 11.3 Å². The molecule has 0 radical (unpaired) electrons. The molecule has 1 aliphatic rings. The Morgan fingerprint density at radius 3 is 2.82 bits per heavy atom. The lowest BCUT2D eigenvalue weighted by Gasteiger charge is -2.18. The molecule has 0 fully saturated rings. The molecule has 5 nitrogen and oxygen atoms in total. The van der Waals surface area contributed by atoms with Crippen LogP contribution in [0.4, 0.5) is 0 Å². The zero-order chi connectivity index (χ0) is 11.7. The molecule has 2 aromatic rings. The Hall–Kier alpha value is -2.17. The molecule has 0 bridgehead atoms. The van der Waals surface area contributed by atoms with Crippen LogP contribution >= 0.6 is 0 Å². The number of benzene rings is 1. The van der Waals surface area contributed by atoms with Gasteiger partial charge in [0.1, 0.15) is 13.2 Å². The lowest BCUT2D eigenvalue weighted by atomic mass is 10.1. The van der Waals surface area contributed by atoms with Gasteiger partial charge in [0.25, 0.3) is 6.01 Å². The lowest BCUT2D eigenvalue weighted by Crippen LogP contribution is -2.15. The second-order valence-corrected chi connectivity index (χ2v) is 3.66. The maximum Gasteiger partial charge on any atom is 0.293 e. The average Bonchev–Trinajstić information content (AvgIpc) is 2.87. The predicted octanol–water partition coefficient (Wildman–Crippen LogP) is 1.86. The quantitative estimate of drug-likeness (QED) is 0.858. The van der Waals surface area contributed by atoms with Crippen molar-refractivity contribution in [1.29, 1.82) is 0 Å². The van der Waals surface area contributed by atoms with Gasteiger partial charge in [-0.3, -0.25) is 0 Å². The number of imidazole rings is 1. The molecule has 1 aliphatic heterocycles. The standard InChI is InChI=1S/C12H12N2O3/c1-15-12-13-7-9(14-12)8-2-3-10-11(6-8)17-5-4-16-10/h2-3,6-7H,4-5H2,1H3,(H,13,14). The molecule has 1 aromatic heterocycles. The van der Waals surface area contributed by atoms with Crippen molar-refractivity contribution in [2.24, 2.45) is 0 Å². The monoisotopic (exact) mass is 232 g/mol. The minimum atomic E-state index is 0.495. The fourth-order valence-electron chi connectivity index (χ4n) is 1.76. The van der Waals surface area contributed by atoms with E-state index in [9.17, 15) is 0 Å². The molecular weight excluding hydrogens is 220 g/mol. The Labute approximate surface area is 98.3 Å². The number of aromatic amines is 1. The summed E-state index contributed by atoms with van der Waals surface area (Å²) in [4.78, 5) is 7.13. The van der Waals surface area contributed by atoms with Gasteiger partial charge in [0.15, 0.2) is 11.5 Å². The predicted molar refractivity (Wildman–Crippen MR) is 61.6 cm³/mol. The van der Waals surface area contributed by atoms with Gasteiger partial charge in [0, 0.05) is 5.56 Å². The Balaban J connectivity index is 1.97. The number of methoxy groups -OCH3 is 1. The normalized spacial score (nSPS) is 13.5. The van der Waals surface area contributed by atoms with Gasteiger partial charge in [-0.25, -0.2) is 4.98 Å². The van der Waals surface area contributed by atoms with Crippen LogP contribution in [0.3, 0.4) is 0 Å². The zero-order valence-electron chi connectivity index (χ0n) is 9.40. The molecule has 2 heterocycles. The number of hydrogen-bond acceptors (Lipinski definition) is 4. The van der Waals surface area contributed by atoms with E-state index in [1.807, 2.05) is 18.2 Å². The second kappa shape index (κ2) is 4.01. The number of H-pyrrole nitrogens is 1. The van der Waals surface area contributed by atoms with Crippen LogP contribution in [-0.2, 0) is 0 Å². The van der Waals surface area contributed by atoms with Crippen LogP contribution < -0.4 is 14.2 Å². The first-order chi connectivity index (χ1) is 8.36. The SMILES string of the molecule is COc1ncc(-c2ccc3c(c2)OCCO3)[nH]1. The molecule has 0 saturated carbocycles. The van der Waals surface area contributed by atoms with Crippen molar-refractivity contribution >= 4 is 0 Å².